The Morgan fingerprint density at radius 3 is 2.33 bits per heavy atom. The molecule has 0 aliphatic rings. The topological polar surface area (TPSA) is 66.4 Å². The van der Waals surface area contributed by atoms with Gasteiger partial charge in [-0.2, -0.15) is 0 Å². The van der Waals surface area contributed by atoms with Gasteiger partial charge in [-0.25, -0.2) is 17.2 Å². The Balaban J connectivity index is 3.83. The third-order valence-corrected chi connectivity index (χ3v) is 4.11. The van der Waals surface area contributed by atoms with E-state index in [1.807, 2.05) is 0 Å². The fraction of sp³-hybridized carbons (Fsp3) is 1.00. The van der Waals surface area contributed by atoms with Gasteiger partial charge in [-0.3, -0.25) is 0 Å². The van der Waals surface area contributed by atoms with Crippen LogP contribution in [0.25, 0.3) is 0 Å². The Morgan fingerprint density at radius 1 is 1.40 bits per heavy atom. The van der Waals surface area contributed by atoms with E-state index >= 15 is 0 Å². The number of hydrogen-bond donors (Lipinski definition) is 2. The minimum atomic E-state index is -3.19. The van der Waals surface area contributed by atoms with Crippen molar-refractivity contribution in [3.8, 4) is 0 Å². The molecule has 0 heterocycles. The van der Waals surface area contributed by atoms with E-state index in [1.165, 1.54) is 13.8 Å². The van der Waals surface area contributed by atoms with Crippen molar-refractivity contribution in [2.24, 2.45) is 0 Å². The minimum absolute atomic E-state index is 0.0316. The zero-order chi connectivity index (χ0) is 12.1. The number of aliphatic hydroxyl groups excluding tert-OH is 1. The summed E-state index contributed by atoms with van der Waals surface area (Å²) in [5, 5.41) is 10.0. The average molecular weight is 245 g/mol. The summed E-state index contributed by atoms with van der Waals surface area (Å²) in [5.74, 6) is -3.37. The number of sulfone groups is 1. The molecular formula is C8H17F2NO3S. The van der Waals surface area contributed by atoms with E-state index in [0.29, 0.717) is 0 Å². The van der Waals surface area contributed by atoms with Crippen molar-refractivity contribution in [3.63, 3.8) is 0 Å². The number of hydrogen-bond acceptors (Lipinski definition) is 4. The molecule has 0 aromatic rings. The van der Waals surface area contributed by atoms with Crippen LogP contribution in [0.2, 0.25) is 0 Å². The first-order valence-electron chi connectivity index (χ1n) is 4.62. The van der Waals surface area contributed by atoms with Gasteiger partial charge in [-0.15, -0.1) is 0 Å². The molecule has 0 amide bonds. The van der Waals surface area contributed by atoms with Crippen LogP contribution >= 0.6 is 0 Å². The van der Waals surface area contributed by atoms with Crippen molar-refractivity contribution in [1.82, 2.24) is 5.32 Å². The van der Waals surface area contributed by atoms with Gasteiger partial charge in [0.1, 0.15) is 6.61 Å². The van der Waals surface area contributed by atoms with Crippen molar-refractivity contribution in [3.05, 3.63) is 0 Å². The van der Waals surface area contributed by atoms with E-state index < -0.39 is 34.2 Å². The smallest absolute Gasteiger partial charge is 0.282 e. The van der Waals surface area contributed by atoms with Crippen LogP contribution in [0.3, 0.4) is 0 Å². The zero-order valence-corrected chi connectivity index (χ0v) is 9.65. The van der Waals surface area contributed by atoms with Gasteiger partial charge < -0.3 is 10.4 Å². The molecule has 0 unspecified atom stereocenters. The number of nitrogens with one attached hydrogen (secondary N) is 1. The van der Waals surface area contributed by atoms with Crippen LogP contribution in [0.4, 0.5) is 8.78 Å². The van der Waals surface area contributed by atoms with Crippen LogP contribution < -0.4 is 5.32 Å². The van der Waals surface area contributed by atoms with Gasteiger partial charge in [0, 0.05) is 6.54 Å². The summed E-state index contributed by atoms with van der Waals surface area (Å²) in [4.78, 5) is 0. The molecule has 0 saturated carbocycles. The normalized spacial score (nSPS) is 13.5. The van der Waals surface area contributed by atoms with Gasteiger partial charge in [0.2, 0.25) is 0 Å². The van der Waals surface area contributed by atoms with Crippen molar-refractivity contribution in [1.29, 1.82) is 0 Å². The van der Waals surface area contributed by atoms with Crippen LogP contribution in [0.1, 0.15) is 13.8 Å². The van der Waals surface area contributed by atoms with Gasteiger partial charge in [0.15, 0.2) is 9.84 Å². The summed E-state index contributed by atoms with van der Waals surface area (Å²) in [6.45, 7) is 1.10. The van der Waals surface area contributed by atoms with E-state index in [0.717, 1.165) is 0 Å². The van der Waals surface area contributed by atoms with E-state index in [1.54, 1.807) is 0 Å². The fourth-order valence-corrected chi connectivity index (χ4v) is 1.68. The standard InChI is InChI=1S/C8H17F2NO3S/c1-7(2)15(13,14)4-3-11-5-8(9,10)6-12/h7,11-12H,3-6H2,1-2H3. The largest absolute Gasteiger partial charge is 0.390 e. The first-order chi connectivity index (χ1) is 6.71. The molecular weight excluding hydrogens is 228 g/mol. The fourth-order valence-electron chi connectivity index (χ4n) is 0.777. The van der Waals surface area contributed by atoms with E-state index in [2.05, 4.69) is 5.32 Å². The molecule has 4 nitrogen and oxygen atoms in total. The Kier molecular flexibility index (Phi) is 5.61. The Labute approximate surface area is 88.6 Å². The van der Waals surface area contributed by atoms with Crippen molar-refractivity contribution < 1.29 is 22.3 Å². The maximum atomic E-state index is 12.5. The second-order valence-corrected chi connectivity index (χ2v) is 6.28. The van der Waals surface area contributed by atoms with Gasteiger partial charge in [0.05, 0.1) is 17.5 Å². The molecule has 92 valence electrons. The predicted octanol–water partition coefficient (Wildman–Crippen LogP) is 0.0268. The summed E-state index contributed by atoms with van der Waals surface area (Å²) >= 11 is 0. The Morgan fingerprint density at radius 2 is 1.93 bits per heavy atom. The molecule has 0 aliphatic carbocycles. The van der Waals surface area contributed by atoms with Crippen molar-refractivity contribution in [2.75, 3.05) is 25.4 Å². The molecule has 0 aliphatic heterocycles. The molecule has 0 saturated heterocycles. The number of aliphatic hydroxyl groups is 1. The van der Waals surface area contributed by atoms with Crippen molar-refractivity contribution in [2.45, 2.75) is 25.0 Å². The lowest BCUT2D eigenvalue weighted by molar-refractivity contribution is -0.0471. The molecule has 0 fully saturated rings. The first kappa shape index (κ1) is 14.7. The summed E-state index contributed by atoms with van der Waals surface area (Å²) in [6, 6.07) is 0. The maximum Gasteiger partial charge on any atom is 0.282 e. The number of alkyl halides is 2. The highest BCUT2D eigenvalue weighted by Gasteiger charge is 2.27. The molecule has 7 heteroatoms. The molecule has 0 spiro atoms. The second kappa shape index (κ2) is 5.72. The molecule has 0 atom stereocenters. The monoisotopic (exact) mass is 245 g/mol. The van der Waals surface area contributed by atoms with Crippen LogP contribution in [-0.4, -0.2) is 50.1 Å². The highest BCUT2D eigenvalue weighted by atomic mass is 32.2. The van der Waals surface area contributed by atoms with Crippen LogP contribution in [0.15, 0.2) is 0 Å². The lowest BCUT2D eigenvalue weighted by Crippen LogP contribution is -2.38. The van der Waals surface area contributed by atoms with Crippen LogP contribution in [-0.2, 0) is 9.84 Å². The predicted molar refractivity (Wildman–Crippen MR) is 53.8 cm³/mol. The first-order valence-corrected chi connectivity index (χ1v) is 6.34. The third kappa shape index (κ3) is 6.01. The van der Waals surface area contributed by atoms with Gasteiger partial charge >= 0.3 is 0 Å². The molecule has 0 aromatic carbocycles. The summed E-state index contributed by atoms with van der Waals surface area (Å²) in [7, 11) is -3.19. The average Bonchev–Trinajstić information content (AvgIpc) is 2.12. The van der Waals surface area contributed by atoms with E-state index in [9.17, 15) is 17.2 Å². The minimum Gasteiger partial charge on any atom is -0.390 e. The van der Waals surface area contributed by atoms with Gasteiger partial charge in [0.25, 0.3) is 5.92 Å². The van der Waals surface area contributed by atoms with Crippen molar-refractivity contribution >= 4 is 9.84 Å². The summed E-state index contributed by atoms with van der Waals surface area (Å²) < 4.78 is 47.4. The molecule has 15 heavy (non-hydrogen) atoms. The maximum absolute atomic E-state index is 12.5. The lowest BCUT2D eigenvalue weighted by Gasteiger charge is -2.14. The Bertz CT molecular complexity index is 278. The highest BCUT2D eigenvalue weighted by molar-refractivity contribution is 7.92. The van der Waals surface area contributed by atoms with E-state index in [-0.39, 0.29) is 12.3 Å². The third-order valence-electron chi connectivity index (χ3n) is 1.90. The second-order valence-electron chi connectivity index (χ2n) is 3.61. The molecule has 0 rings (SSSR count). The molecule has 0 aromatic heterocycles. The number of rotatable bonds is 7. The highest BCUT2D eigenvalue weighted by Crippen LogP contribution is 2.09. The molecule has 0 bridgehead atoms. The van der Waals surface area contributed by atoms with Gasteiger partial charge in [-0.05, 0) is 13.8 Å². The van der Waals surface area contributed by atoms with Crippen LogP contribution in [0, 0.1) is 0 Å². The quantitative estimate of drug-likeness (QED) is 0.621. The zero-order valence-electron chi connectivity index (χ0n) is 8.83. The number of halogens is 2. The van der Waals surface area contributed by atoms with Gasteiger partial charge in [-0.1, -0.05) is 0 Å². The molecule has 0 radical (unpaired) electrons. The summed E-state index contributed by atoms with van der Waals surface area (Å²) in [5.41, 5.74) is 0. The van der Waals surface area contributed by atoms with Crippen LogP contribution in [0.5, 0.6) is 0 Å². The lowest BCUT2D eigenvalue weighted by atomic mass is 10.3. The summed E-state index contributed by atoms with van der Waals surface area (Å²) in [6.07, 6.45) is 0. The SMILES string of the molecule is CC(C)S(=O)(=O)CCNCC(F)(F)CO. The van der Waals surface area contributed by atoms with E-state index in [4.69, 9.17) is 5.11 Å². The Hall–Kier alpha value is -0.270. The molecule has 2 N–H and O–H groups in total.